The third-order valence-corrected chi connectivity index (χ3v) is 2.58. The average Bonchev–Trinajstić information content (AvgIpc) is 2.55. The average molecular weight is 317 g/mol. The number of methoxy groups -OCH3 is 1. The SMILES string of the molecule is COc1ccccc1/C=N/Oc1ncc(F)c(N=CN(C)C)n1. The third-order valence-electron chi connectivity index (χ3n) is 2.58. The number of nitrogens with zero attached hydrogens (tertiary/aromatic N) is 5. The lowest BCUT2D eigenvalue weighted by Gasteiger charge is -2.03. The molecule has 0 amide bonds. The Morgan fingerprint density at radius 3 is 2.78 bits per heavy atom. The molecule has 2 aromatic rings. The van der Waals surface area contributed by atoms with E-state index in [1.165, 1.54) is 12.6 Å². The van der Waals surface area contributed by atoms with Gasteiger partial charge >= 0.3 is 6.01 Å². The van der Waals surface area contributed by atoms with Crippen LogP contribution in [0.25, 0.3) is 0 Å². The summed E-state index contributed by atoms with van der Waals surface area (Å²) in [6, 6.07) is 7.18. The smallest absolute Gasteiger partial charge is 0.347 e. The molecule has 8 heteroatoms. The minimum absolute atomic E-state index is 0.108. The van der Waals surface area contributed by atoms with Gasteiger partial charge < -0.3 is 14.5 Å². The molecular weight excluding hydrogens is 301 g/mol. The van der Waals surface area contributed by atoms with Crippen LogP contribution in [-0.4, -0.2) is 48.6 Å². The van der Waals surface area contributed by atoms with Gasteiger partial charge in [0.1, 0.15) is 5.75 Å². The van der Waals surface area contributed by atoms with Gasteiger partial charge in [0.25, 0.3) is 0 Å². The first-order valence-corrected chi connectivity index (χ1v) is 6.66. The largest absolute Gasteiger partial charge is 0.496 e. The second kappa shape index (κ2) is 7.83. The predicted molar refractivity (Wildman–Crippen MR) is 85.0 cm³/mol. The van der Waals surface area contributed by atoms with Crippen molar-refractivity contribution in [3.8, 4) is 11.8 Å². The molecule has 1 aromatic carbocycles. The highest BCUT2D eigenvalue weighted by atomic mass is 19.1. The Bertz CT molecular complexity index is 719. The number of aliphatic imine (C=N–C) groups is 1. The zero-order valence-corrected chi connectivity index (χ0v) is 13.0. The van der Waals surface area contributed by atoms with Crippen molar-refractivity contribution in [1.82, 2.24) is 14.9 Å². The van der Waals surface area contributed by atoms with Crippen molar-refractivity contribution in [2.24, 2.45) is 10.1 Å². The molecule has 120 valence electrons. The first-order chi connectivity index (χ1) is 11.1. The maximum atomic E-state index is 13.5. The number of halogens is 1. The van der Waals surface area contributed by atoms with Gasteiger partial charge in [-0.2, -0.15) is 9.97 Å². The van der Waals surface area contributed by atoms with E-state index < -0.39 is 5.82 Å². The topological polar surface area (TPSA) is 72.2 Å². The molecule has 0 saturated heterocycles. The van der Waals surface area contributed by atoms with Crippen molar-refractivity contribution in [2.45, 2.75) is 0 Å². The van der Waals surface area contributed by atoms with E-state index in [-0.39, 0.29) is 11.8 Å². The molecule has 2 rings (SSSR count). The van der Waals surface area contributed by atoms with Gasteiger partial charge in [-0.15, -0.1) is 0 Å². The minimum Gasteiger partial charge on any atom is -0.496 e. The summed E-state index contributed by atoms with van der Waals surface area (Å²) < 4.78 is 18.7. The van der Waals surface area contributed by atoms with Crippen LogP contribution in [0.2, 0.25) is 0 Å². The number of aromatic nitrogens is 2. The van der Waals surface area contributed by atoms with Gasteiger partial charge in [0.05, 0.1) is 25.9 Å². The fraction of sp³-hybridized carbons (Fsp3) is 0.200. The highest BCUT2D eigenvalue weighted by Crippen LogP contribution is 2.17. The van der Waals surface area contributed by atoms with Crippen LogP contribution >= 0.6 is 0 Å². The van der Waals surface area contributed by atoms with Gasteiger partial charge in [0, 0.05) is 19.7 Å². The Morgan fingerprint density at radius 1 is 1.26 bits per heavy atom. The molecule has 0 atom stereocenters. The van der Waals surface area contributed by atoms with Crippen LogP contribution in [0.3, 0.4) is 0 Å². The number of oxime groups is 1. The first kappa shape index (κ1) is 16.3. The number of benzene rings is 1. The van der Waals surface area contributed by atoms with Gasteiger partial charge in [-0.25, -0.2) is 9.38 Å². The lowest BCUT2D eigenvalue weighted by Crippen LogP contribution is -2.07. The lowest BCUT2D eigenvalue weighted by molar-refractivity contribution is 0.313. The third kappa shape index (κ3) is 4.73. The van der Waals surface area contributed by atoms with Crippen LogP contribution in [0.4, 0.5) is 10.2 Å². The minimum atomic E-state index is -0.649. The Balaban J connectivity index is 2.11. The van der Waals surface area contributed by atoms with Crippen molar-refractivity contribution < 1.29 is 14.0 Å². The molecule has 0 fully saturated rings. The van der Waals surface area contributed by atoms with E-state index in [1.807, 2.05) is 18.2 Å². The summed E-state index contributed by atoms with van der Waals surface area (Å²) in [7, 11) is 5.08. The monoisotopic (exact) mass is 317 g/mol. The highest BCUT2D eigenvalue weighted by molar-refractivity contribution is 5.83. The number of hydrogen-bond acceptors (Lipinski definition) is 6. The standard InChI is InChI=1S/C15H16FN5O2/c1-21(2)10-18-14-12(16)9-17-15(20-14)23-19-8-11-6-4-5-7-13(11)22-3/h4-10H,1-3H3/b18-10?,19-8+. The molecule has 0 spiro atoms. The maximum Gasteiger partial charge on any atom is 0.347 e. The Labute approximate surface area is 133 Å². The van der Waals surface area contributed by atoms with Crippen molar-refractivity contribution in [3.63, 3.8) is 0 Å². The van der Waals surface area contributed by atoms with E-state index >= 15 is 0 Å². The molecule has 1 aromatic heterocycles. The lowest BCUT2D eigenvalue weighted by atomic mass is 10.2. The summed E-state index contributed by atoms with van der Waals surface area (Å²) in [4.78, 5) is 18.1. The molecule has 0 radical (unpaired) electrons. The summed E-state index contributed by atoms with van der Waals surface area (Å²) in [6.45, 7) is 0. The van der Waals surface area contributed by atoms with Gasteiger partial charge in [-0.1, -0.05) is 17.3 Å². The molecule has 0 aliphatic carbocycles. The van der Waals surface area contributed by atoms with Gasteiger partial charge in [-0.05, 0) is 12.1 Å². The molecule has 0 bridgehead atoms. The second-order valence-corrected chi connectivity index (χ2v) is 4.60. The molecule has 0 aliphatic rings. The molecule has 0 aliphatic heterocycles. The second-order valence-electron chi connectivity index (χ2n) is 4.60. The van der Waals surface area contributed by atoms with Gasteiger partial charge in [-0.3, -0.25) is 0 Å². The first-order valence-electron chi connectivity index (χ1n) is 6.66. The van der Waals surface area contributed by atoms with Crippen LogP contribution in [-0.2, 0) is 0 Å². The Hall–Kier alpha value is -3.03. The summed E-state index contributed by atoms with van der Waals surface area (Å²) in [5, 5.41) is 3.77. The Kier molecular flexibility index (Phi) is 5.56. The van der Waals surface area contributed by atoms with E-state index in [9.17, 15) is 4.39 Å². The fourth-order valence-electron chi connectivity index (χ4n) is 1.55. The summed E-state index contributed by atoms with van der Waals surface area (Å²) in [5.41, 5.74) is 0.725. The molecule has 0 N–H and O–H groups in total. The van der Waals surface area contributed by atoms with Crippen LogP contribution in [0.5, 0.6) is 11.8 Å². The molecular formula is C15H16FN5O2. The number of ether oxygens (including phenoxy) is 1. The van der Waals surface area contributed by atoms with Crippen molar-refractivity contribution >= 4 is 18.4 Å². The van der Waals surface area contributed by atoms with Crippen LogP contribution in [0.1, 0.15) is 5.56 Å². The zero-order valence-electron chi connectivity index (χ0n) is 13.0. The molecule has 7 nitrogen and oxygen atoms in total. The van der Waals surface area contributed by atoms with Gasteiger partial charge in [0.15, 0.2) is 11.6 Å². The number of rotatable bonds is 6. The van der Waals surface area contributed by atoms with Gasteiger partial charge in [0.2, 0.25) is 0 Å². The van der Waals surface area contributed by atoms with E-state index in [4.69, 9.17) is 9.57 Å². The summed E-state index contributed by atoms with van der Waals surface area (Å²) in [6.07, 6.45) is 3.85. The van der Waals surface area contributed by atoms with Crippen molar-refractivity contribution in [1.29, 1.82) is 0 Å². The van der Waals surface area contributed by atoms with E-state index in [0.29, 0.717) is 5.75 Å². The quantitative estimate of drug-likeness (QED) is 0.464. The summed E-state index contributed by atoms with van der Waals surface area (Å²) >= 11 is 0. The van der Waals surface area contributed by atoms with Crippen molar-refractivity contribution in [2.75, 3.05) is 21.2 Å². The van der Waals surface area contributed by atoms with E-state index in [1.54, 1.807) is 32.2 Å². The van der Waals surface area contributed by atoms with Crippen LogP contribution in [0.15, 0.2) is 40.6 Å². The number of para-hydroxylation sites is 1. The summed E-state index contributed by atoms with van der Waals surface area (Å²) in [5.74, 6) is -0.128. The van der Waals surface area contributed by atoms with E-state index in [2.05, 4.69) is 20.1 Å². The predicted octanol–water partition coefficient (Wildman–Crippen LogP) is 2.26. The molecule has 1 heterocycles. The normalized spacial score (nSPS) is 11.1. The van der Waals surface area contributed by atoms with Crippen LogP contribution in [0, 0.1) is 5.82 Å². The van der Waals surface area contributed by atoms with E-state index in [0.717, 1.165) is 11.8 Å². The fourth-order valence-corrected chi connectivity index (χ4v) is 1.55. The van der Waals surface area contributed by atoms with Crippen LogP contribution < -0.4 is 9.57 Å². The Morgan fingerprint density at radius 2 is 2.04 bits per heavy atom. The maximum absolute atomic E-state index is 13.5. The molecule has 0 unspecified atom stereocenters. The highest BCUT2D eigenvalue weighted by Gasteiger charge is 2.06. The molecule has 0 saturated carbocycles. The zero-order chi connectivity index (χ0) is 16.7. The number of hydrogen-bond donors (Lipinski definition) is 0. The molecule has 23 heavy (non-hydrogen) atoms. The van der Waals surface area contributed by atoms with Crippen molar-refractivity contribution in [3.05, 3.63) is 41.8 Å².